The maximum atomic E-state index is 10.7. The number of carbonyl (C=O) groups is 1. The molecule has 80 valence electrons. The fourth-order valence-electron chi connectivity index (χ4n) is 2.14. The summed E-state index contributed by atoms with van der Waals surface area (Å²) in [5.41, 5.74) is 0. The molecule has 1 heterocycles. The van der Waals surface area contributed by atoms with Crippen LogP contribution in [-0.2, 0) is 4.79 Å². The van der Waals surface area contributed by atoms with Gasteiger partial charge in [-0.15, -0.1) is 0 Å². The molecule has 4 heteroatoms. The highest BCUT2D eigenvalue weighted by atomic mass is 32.2. The Bertz CT molecular complexity index is 212. The van der Waals surface area contributed by atoms with Gasteiger partial charge in [0.15, 0.2) is 0 Å². The van der Waals surface area contributed by atoms with Crippen molar-refractivity contribution in [2.24, 2.45) is 0 Å². The highest BCUT2D eigenvalue weighted by molar-refractivity contribution is 7.99. The first kappa shape index (κ1) is 10.3. The first-order valence-corrected chi connectivity index (χ1v) is 6.48. The van der Waals surface area contributed by atoms with Crippen molar-refractivity contribution in [2.75, 3.05) is 18.1 Å². The summed E-state index contributed by atoms with van der Waals surface area (Å²) in [6.07, 6.45) is 4.76. The van der Waals surface area contributed by atoms with Gasteiger partial charge in [0.2, 0.25) is 0 Å². The summed E-state index contributed by atoms with van der Waals surface area (Å²) in [7, 11) is 0. The molecule has 0 amide bonds. The van der Waals surface area contributed by atoms with Crippen LogP contribution in [0.1, 0.15) is 25.7 Å². The summed E-state index contributed by atoms with van der Waals surface area (Å²) in [5.74, 6) is 1.73. The van der Waals surface area contributed by atoms with Crippen molar-refractivity contribution in [3.63, 3.8) is 0 Å². The zero-order chi connectivity index (χ0) is 9.97. The molecule has 2 rings (SSSR count). The van der Waals surface area contributed by atoms with Gasteiger partial charge in [0.1, 0.15) is 0 Å². The van der Waals surface area contributed by atoms with E-state index < -0.39 is 5.97 Å². The van der Waals surface area contributed by atoms with Crippen LogP contribution < -0.4 is 0 Å². The van der Waals surface area contributed by atoms with E-state index in [0.717, 1.165) is 0 Å². The van der Waals surface area contributed by atoms with E-state index in [4.69, 9.17) is 5.11 Å². The van der Waals surface area contributed by atoms with Crippen LogP contribution in [0.2, 0.25) is 0 Å². The van der Waals surface area contributed by atoms with Crippen molar-refractivity contribution < 1.29 is 9.90 Å². The molecule has 2 aliphatic rings. The quantitative estimate of drug-likeness (QED) is 0.770. The molecule has 14 heavy (non-hydrogen) atoms. The summed E-state index contributed by atoms with van der Waals surface area (Å²) < 4.78 is 0. The molecule has 1 N–H and O–H groups in total. The van der Waals surface area contributed by atoms with E-state index in [1.165, 1.54) is 37.2 Å². The Morgan fingerprint density at radius 2 is 1.79 bits per heavy atom. The van der Waals surface area contributed by atoms with Crippen molar-refractivity contribution in [1.82, 2.24) is 4.90 Å². The number of rotatable bonds is 4. The van der Waals surface area contributed by atoms with Crippen molar-refractivity contribution in [2.45, 2.75) is 37.8 Å². The molecular weight excluding hydrogens is 198 g/mol. The van der Waals surface area contributed by atoms with E-state index >= 15 is 0 Å². The number of carboxylic acids is 1. The first-order chi connectivity index (χ1) is 6.77. The zero-order valence-corrected chi connectivity index (χ0v) is 9.13. The molecule has 0 aromatic carbocycles. The van der Waals surface area contributed by atoms with Crippen molar-refractivity contribution in [3.05, 3.63) is 0 Å². The van der Waals surface area contributed by atoms with Crippen LogP contribution in [0.3, 0.4) is 0 Å². The molecule has 0 atom stereocenters. The molecule has 0 bridgehead atoms. The second kappa shape index (κ2) is 4.53. The van der Waals surface area contributed by atoms with E-state index in [1.807, 2.05) is 11.8 Å². The van der Waals surface area contributed by atoms with Gasteiger partial charge >= 0.3 is 5.97 Å². The van der Waals surface area contributed by atoms with E-state index in [0.29, 0.717) is 12.1 Å². The van der Waals surface area contributed by atoms with E-state index in [-0.39, 0.29) is 6.54 Å². The average Bonchev–Trinajstić information content (AvgIpc) is 2.99. The molecule has 0 unspecified atom stereocenters. The summed E-state index contributed by atoms with van der Waals surface area (Å²) in [6, 6.07) is 1.12. The fourth-order valence-corrected chi connectivity index (χ4v) is 3.22. The molecule has 0 aromatic heterocycles. The number of hydrogen-bond donors (Lipinski definition) is 1. The first-order valence-electron chi connectivity index (χ1n) is 5.32. The largest absolute Gasteiger partial charge is 0.480 e. The van der Waals surface area contributed by atoms with Gasteiger partial charge in [-0.05, 0) is 37.2 Å². The van der Waals surface area contributed by atoms with Crippen LogP contribution in [0.4, 0.5) is 0 Å². The van der Waals surface area contributed by atoms with Crippen molar-refractivity contribution in [1.29, 1.82) is 0 Å². The van der Waals surface area contributed by atoms with E-state index in [1.54, 1.807) is 0 Å². The molecular formula is C10H17NO2S. The van der Waals surface area contributed by atoms with Gasteiger partial charge < -0.3 is 5.11 Å². The molecule has 1 aliphatic heterocycles. The molecule has 0 radical (unpaired) electrons. The van der Waals surface area contributed by atoms with Gasteiger partial charge in [0, 0.05) is 12.1 Å². The lowest BCUT2D eigenvalue weighted by atomic mass is 10.1. The van der Waals surface area contributed by atoms with Crippen LogP contribution >= 0.6 is 11.8 Å². The Kier molecular flexibility index (Phi) is 3.34. The second-order valence-electron chi connectivity index (χ2n) is 4.14. The maximum absolute atomic E-state index is 10.7. The lowest BCUT2D eigenvalue weighted by Crippen LogP contribution is -2.42. The smallest absolute Gasteiger partial charge is 0.317 e. The minimum Gasteiger partial charge on any atom is -0.480 e. The molecule has 0 spiro atoms. The van der Waals surface area contributed by atoms with Gasteiger partial charge in [-0.25, -0.2) is 0 Å². The van der Waals surface area contributed by atoms with Gasteiger partial charge in [0.05, 0.1) is 6.54 Å². The topological polar surface area (TPSA) is 40.5 Å². The van der Waals surface area contributed by atoms with Crippen molar-refractivity contribution >= 4 is 17.7 Å². The summed E-state index contributed by atoms with van der Waals surface area (Å²) in [4.78, 5) is 13.0. The van der Waals surface area contributed by atoms with Crippen molar-refractivity contribution in [3.8, 4) is 0 Å². The van der Waals surface area contributed by atoms with Gasteiger partial charge in [-0.1, -0.05) is 0 Å². The monoisotopic (exact) mass is 215 g/mol. The third kappa shape index (κ3) is 2.64. The molecule has 1 saturated carbocycles. The summed E-state index contributed by atoms with van der Waals surface area (Å²) >= 11 is 1.99. The third-order valence-electron chi connectivity index (χ3n) is 2.99. The van der Waals surface area contributed by atoms with E-state index in [9.17, 15) is 4.79 Å². The molecule has 0 aromatic rings. The standard InChI is InChI=1S/C10H17NO2S/c12-10(13)7-11(8-1-2-8)9-3-5-14-6-4-9/h8-9H,1-7H2,(H,12,13). The molecule has 3 nitrogen and oxygen atoms in total. The summed E-state index contributed by atoms with van der Waals surface area (Å²) in [6.45, 7) is 0.250. The summed E-state index contributed by atoms with van der Waals surface area (Å²) in [5, 5.41) is 8.84. The normalized spacial score (nSPS) is 24.1. The molecule has 1 saturated heterocycles. The minimum absolute atomic E-state index is 0.250. The Morgan fingerprint density at radius 1 is 1.21 bits per heavy atom. The van der Waals surface area contributed by atoms with Gasteiger partial charge in [-0.3, -0.25) is 9.69 Å². The fraction of sp³-hybridized carbons (Fsp3) is 0.900. The highest BCUT2D eigenvalue weighted by Crippen LogP contribution is 2.32. The zero-order valence-electron chi connectivity index (χ0n) is 8.32. The average molecular weight is 215 g/mol. The van der Waals surface area contributed by atoms with Crippen LogP contribution in [-0.4, -0.2) is 46.1 Å². The van der Waals surface area contributed by atoms with Crippen LogP contribution in [0.15, 0.2) is 0 Å². The predicted molar refractivity (Wildman–Crippen MR) is 57.7 cm³/mol. The minimum atomic E-state index is -0.671. The molecule has 2 fully saturated rings. The number of hydrogen-bond acceptors (Lipinski definition) is 3. The second-order valence-corrected chi connectivity index (χ2v) is 5.37. The Balaban J connectivity index is 1.90. The number of nitrogens with zero attached hydrogens (tertiary/aromatic N) is 1. The SMILES string of the molecule is O=C(O)CN(C1CCSCC1)C1CC1. The van der Waals surface area contributed by atoms with Gasteiger partial charge in [-0.2, -0.15) is 11.8 Å². The van der Waals surface area contributed by atoms with E-state index in [2.05, 4.69) is 4.90 Å². The van der Waals surface area contributed by atoms with Crippen LogP contribution in [0, 0.1) is 0 Å². The Hall–Kier alpha value is -0.220. The Labute approximate surface area is 88.9 Å². The number of aliphatic carboxylic acids is 1. The molecule has 1 aliphatic carbocycles. The predicted octanol–water partition coefficient (Wildman–Crippen LogP) is 1.43. The number of carboxylic acid groups (broad SMARTS) is 1. The van der Waals surface area contributed by atoms with Crippen LogP contribution in [0.25, 0.3) is 0 Å². The van der Waals surface area contributed by atoms with Gasteiger partial charge in [0.25, 0.3) is 0 Å². The number of thioether (sulfide) groups is 1. The lowest BCUT2D eigenvalue weighted by molar-refractivity contribution is -0.139. The maximum Gasteiger partial charge on any atom is 0.317 e. The lowest BCUT2D eigenvalue weighted by Gasteiger charge is -2.33. The van der Waals surface area contributed by atoms with Crippen LogP contribution in [0.5, 0.6) is 0 Å². The Morgan fingerprint density at radius 3 is 2.29 bits per heavy atom. The highest BCUT2D eigenvalue weighted by Gasteiger charge is 2.35. The third-order valence-corrected chi connectivity index (χ3v) is 4.04.